The van der Waals surface area contributed by atoms with Crippen LogP contribution in [0.1, 0.15) is 27.7 Å². The van der Waals surface area contributed by atoms with Gasteiger partial charge in [-0.25, -0.2) is 4.79 Å². The Balaban J connectivity index is 2.38. The standard InChI is InChI=1S/C14H20BrNO3/c1-10(16-13(17)19-14(2,3)4)9-18-12-8-6-5-7-11(12)15/h5-8,10H,9H2,1-4H3,(H,16,17)/t10-/m1/s1. The van der Waals surface area contributed by atoms with E-state index in [0.717, 1.165) is 10.2 Å². The lowest BCUT2D eigenvalue weighted by molar-refractivity contribution is 0.0494. The Hall–Kier alpha value is -1.23. The number of benzene rings is 1. The van der Waals surface area contributed by atoms with Crippen molar-refractivity contribution in [3.63, 3.8) is 0 Å². The van der Waals surface area contributed by atoms with Crippen molar-refractivity contribution in [2.24, 2.45) is 0 Å². The minimum Gasteiger partial charge on any atom is -0.490 e. The number of nitrogens with one attached hydrogen (secondary N) is 1. The number of ether oxygens (including phenoxy) is 2. The summed E-state index contributed by atoms with van der Waals surface area (Å²) in [5, 5.41) is 2.72. The Morgan fingerprint density at radius 3 is 2.58 bits per heavy atom. The molecule has 5 heteroatoms. The highest BCUT2D eigenvalue weighted by molar-refractivity contribution is 9.10. The highest BCUT2D eigenvalue weighted by Crippen LogP contribution is 2.23. The van der Waals surface area contributed by atoms with E-state index in [1.807, 2.05) is 52.0 Å². The Labute approximate surface area is 122 Å². The molecule has 0 bridgehead atoms. The van der Waals surface area contributed by atoms with Crippen LogP contribution in [0, 0.1) is 0 Å². The summed E-state index contributed by atoms with van der Waals surface area (Å²) in [5.74, 6) is 0.750. The van der Waals surface area contributed by atoms with Gasteiger partial charge in [0.1, 0.15) is 18.0 Å². The van der Waals surface area contributed by atoms with Crippen LogP contribution < -0.4 is 10.1 Å². The van der Waals surface area contributed by atoms with Crippen molar-refractivity contribution >= 4 is 22.0 Å². The number of carbonyl (C=O) groups excluding carboxylic acids is 1. The van der Waals surface area contributed by atoms with Crippen molar-refractivity contribution in [1.82, 2.24) is 5.32 Å². The largest absolute Gasteiger partial charge is 0.490 e. The molecule has 0 fully saturated rings. The molecule has 1 rings (SSSR count). The van der Waals surface area contributed by atoms with Crippen LogP contribution in [0.3, 0.4) is 0 Å². The molecule has 0 aliphatic heterocycles. The van der Waals surface area contributed by atoms with E-state index in [4.69, 9.17) is 9.47 Å². The first-order chi connectivity index (χ1) is 8.78. The maximum atomic E-state index is 11.5. The summed E-state index contributed by atoms with van der Waals surface area (Å²) in [6, 6.07) is 7.44. The quantitative estimate of drug-likeness (QED) is 0.915. The average Bonchev–Trinajstić information content (AvgIpc) is 2.25. The zero-order valence-corrected chi connectivity index (χ0v) is 13.3. The van der Waals surface area contributed by atoms with Gasteiger partial charge in [-0.3, -0.25) is 0 Å². The first-order valence-electron chi connectivity index (χ1n) is 6.15. The minimum absolute atomic E-state index is 0.137. The molecule has 1 N–H and O–H groups in total. The van der Waals surface area contributed by atoms with Crippen molar-refractivity contribution in [3.8, 4) is 5.75 Å². The summed E-state index contributed by atoms with van der Waals surface area (Å²) in [6.07, 6.45) is -0.435. The molecular weight excluding hydrogens is 310 g/mol. The molecule has 0 heterocycles. The number of para-hydroxylation sites is 1. The number of hydrogen-bond acceptors (Lipinski definition) is 3. The van der Waals surface area contributed by atoms with E-state index in [2.05, 4.69) is 21.2 Å². The normalized spacial score (nSPS) is 12.7. The third kappa shape index (κ3) is 6.47. The SMILES string of the molecule is C[C@H](COc1ccccc1Br)NC(=O)OC(C)(C)C. The number of alkyl carbamates (subject to hydrolysis) is 1. The predicted molar refractivity (Wildman–Crippen MR) is 78.5 cm³/mol. The smallest absolute Gasteiger partial charge is 0.407 e. The molecule has 0 aliphatic rings. The van der Waals surface area contributed by atoms with Crippen LogP contribution >= 0.6 is 15.9 Å². The molecule has 4 nitrogen and oxygen atoms in total. The molecule has 0 radical (unpaired) electrons. The molecule has 0 saturated carbocycles. The molecule has 0 aliphatic carbocycles. The zero-order chi connectivity index (χ0) is 14.5. The van der Waals surface area contributed by atoms with Gasteiger partial charge >= 0.3 is 6.09 Å². The van der Waals surface area contributed by atoms with E-state index in [1.165, 1.54) is 0 Å². The lowest BCUT2D eigenvalue weighted by Gasteiger charge is -2.22. The Bertz CT molecular complexity index is 429. The molecule has 0 unspecified atom stereocenters. The monoisotopic (exact) mass is 329 g/mol. The van der Waals surface area contributed by atoms with Gasteiger partial charge in [0.2, 0.25) is 0 Å². The van der Waals surface area contributed by atoms with Crippen molar-refractivity contribution in [2.75, 3.05) is 6.61 Å². The summed E-state index contributed by atoms with van der Waals surface area (Å²) in [4.78, 5) is 11.5. The van der Waals surface area contributed by atoms with Crippen LogP contribution in [-0.4, -0.2) is 24.3 Å². The van der Waals surface area contributed by atoms with E-state index >= 15 is 0 Å². The second-order valence-corrected chi connectivity index (χ2v) is 6.14. The van der Waals surface area contributed by atoms with Crippen LogP contribution in [0.4, 0.5) is 4.79 Å². The molecule has 0 aromatic heterocycles. The Morgan fingerprint density at radius 1 is 1.37 bits per heavy atom. The second kappa shape index (κ2) is 6.80. The van der Waals surface area contributed by atoms with Gasteiger partial charge in [-0.2, -0.15) is 0 Å². The fourth-order valence-electron chi connectivity index (χ4n) is 1.33. The summed E-state index contributed by atoms with van der Waals surface area (Å²) < 4.78 is 11.7. The van der Waals surface area contributed by atoms with Crippen LogP contribution in [0.5, 0.6) is 5.75 Å². The number of halogens is 1. The van der Waals surface area contributed by atoms with E-state index in [0.29, 0.717) is 6.61 Å². The van der Waals surface area contributed by atoms with Gasteiger partial charge in [0.05, 0.1) is 10.5 Å². The average molecular weight is 330 g/mol. The van der Waals surface area contributed by atoms with Gasteiger partial charge in [-0.1, -0.05) is 12.1 Å². The van der Waals surface area contributed by atoms with Gasteiger partial charge in [0, 0.05) is 0 Å². The second-order valence-electron chi connectivity index (χ2n) is 5.29. The minimum atomic E-state index is -0.493. The molecule has 1 aromatic carbocycles. The maximum Gasteiger partial charge on any atom is 0.407 e. The van der Waals surface area contributed by atoms with Crippen LogP contribution in [0.25, 0.3) is 0 Å². The number of rotatable bonds is 4. The summed E-state index contributed by atoms with van der Waals surface area (Å²) in [7, 11) is 0. The van der Waals surface area contributed by atoms with Crippen LogP contribution in [-0.2, 0) is 4.74 Å². The molecule has 106 valence electrons. The third-order valence-corrected chi connectivity index (χ3v) is 2.74. The van der Waals surface area contributed by atoms with Gasteiger partial charge < -0.3 is 14.8 Å². The lowest BCUT2D eigenvalue weighted by Crippen LogP contribution is -2.40. The molecule has 1 amide bonds. The fourth-order valence-corrected chi connectivity index (χ4v) is 1.73. The first kappa shape index (κ1) is 15.8. The van der Waals surface area contributed by atoms with Crippen molar-refractivity contribution in [3.05, 3.63) is 28.7 Å². The molecule has 1 atom stereocenters. The molecule has 1 aromatic rings. The van der Waals surface area contributed by atoms with Crippen molar-refractivity contribution < 1.29 is 14.3 Å². The van der Waals surface area contributed by atoms with Crippen LogP contribution in [0.15, 0.2) is 28.7 Å². The summed E-state index contributed by atoms with van der Waals surface area (Å²) in [5.41, 5.74) is -0.493. The number of hydrogen-bond donors (Lipinski definition) is 1. The highest BCUT2D eigenvalue weighted by Gasteiger charge is 2.17. The van der Waals surface area contributed by atoms with Gasteiger partial charge in [-0.05, 0) is 55.8 Å². The summed E-state index contributed by atoms with van der Waals surface area (Å²) in [6.45, 7) is 7.72. The van der Waals surface area contributed by atoms with Gasteiger partial charge in [0.15, 0.2) is 0 Å². The maximum absolute atomic E-state index is 11.5. The van der Waals surface area contributed by atoms with Crippen molar-refractivity contribution in [1.29, 1.82) is 0 Å². The van der Waals surface area contributed by atoms with Gasteiger partial charge in [-0.15, -0.1) is 0 Å². The molecular formula is C14H20BrNO3. The van der Waals surface area contributed by atoms with Crippen LogP contribution in [0.2, 0.25) is 0 Å². The van der Waals surface area contributed by atoms with E-state index in [9.17, 15) is 4.79 Å². The highest BCUT2D eigenvalue weighted by atomic mass is 79.9. The van der Waals surface area contributed by atoms with E-state index in [-0.39, 0.29) is 6.04 Å². The zero-order valence-electron chi connectivity index (χ0n) is 11.7. The van der Waals surface area contributed by atoms with Crippen molar-refractivity contribution in [2.45, 2.75) is 39.3 Å². The Kier molecular flexibility index (Phi) is 5.66. The lowest BCUT2D eigenvalue weighted by atomic mass is 10.2. The molecule has 0 saturated heterocycles. The predicted octanol–water partition coefficient (Wildman–Crippen LogP) is 3.74. The summed E-state index contributed by atoms with van der Waals surface area (Å²) >= 11 is 3.40. The van der Waals surface area contributed by atoms with E-state index < -0.39 is 11.7 Å². The molecule has 19 heavy (non-hydrogen) atoms. The first-order valence-corrected chi connectivity index (χ1v) is 6.94. The van der Waals surface area contributed by atoms with Gasteiger partial charge in [0.25, 0.3) is 0 Å². The fraction of sp³-hybridized carbons (Fsp3) is 0.500. The number of carbonyl (C=O) groups is 1. The van der Waals surface area contributed by atoms with E-state index in [1.54, 1.807) is 0 Å². The Morgan fingerprint density at radius 2 is 2.00 bits per heavy atom. The topological polar surface area (TPSA) is 47.6 Å². The number of amides is 1. The molecule has 0 spiro atoms. The third-order valence-electron chi connectivity index (χ3n) is 2.09.